The number of phenols is 1. The minimum Gasteiger partial charge on any atom is -0.506 e. The Kier molecular flexibility index (Phi) is 10.6. The molecule has 2 aromatic carbocycles. The van der Waals surface area contributed by atoms with Crippen LogP contribution in [0.15, 0.2) is 49.8 Å². The summed E-state index contributed by atoms with van der Waals surface area (Å²) >= 11 is 6.66. The van der Waals surface area contributed by atoms with Gasteiger partial charge in [0.25, 0.3) is 0 Å². The van der Waals surface area contributed by atoms with E-state index in [1.54, 1.807) is 18.2 Å². The molecule has 0 atom stereocenters. The zero-order valence-electron chi connectivity index (χ0n) is 20.7. The number of nitrogen functional groups attached to an aromatic ring is 1. The quantitative estimate of drug-likeness (QED) is 0.251. The number of anilines is 1. The zero-order chi connectivity index (χ0) is 26.2. The molecule has 0 bridgehead atoms. The standard InChI is InChI=1S/C13H15BrN2O.C7H13NO2.C6H6BrNO/c1-16-6-4-9(5-7-16)13-15-11-8-10(14)2-3-12(11)17-13;1-8-4-2-6(3-5-8)7(9)10;7-4-1-2-6(9)5(8)3-4/h2-3,8-9H,4-7H2,1H3;6H,2-5H2,1H3,(H,9,10);1-3,9H,8H2. The van der Waals surface area contributed by atoms with Crippen molar-refractivity contribution in [1.29, 1.82) is 0 Å². The first kappa shape index (κ1) is 28.4. The maximum atomic E-state index is 10.4. The number of phenolic OH excluding ortho intramolecular Hbond substituents is 1. The van der Waals surface area contributed by atoms with Gasteiger partial charge in [-0.1, -0.05) is 31.9 Å². The highest BCUT2D eigenvalue weighted by Crippen LogP contribution is 2.30. The summed E-state index contributed by atoms with van der Waals surface area (Å²) in [7, 11) is 4.19. The van der Waals surface area contributed by atoms with Crippen LogP contribution in [0.4, 0.5) is 5.69 Å². The number of carboxylic acids is 1. The lowest BCUT2D eigenvalue weighted by molar-refractivity contribution is -0.143. The smallest absolute Gasteiger partial charge is 0.306 e. The number of nitrogens with zero attached hydrogens (tertiary/aromatic N) is 3. The number of hydrogen-bond acceptors (Lipinski definition) is 7. The molecule has 0 radical (unpaired) electrons. The minimum atomic E-state index is -0.631. The van der Waals surface area contributed by atoms with Gasteiger partial charge >= 0.3 is 5.97 Å². The first-order valence-electron chi connectivity index (χ1n) is 12.0. The maximum absolute atomic E-state index is 10.4. The van der Waals surface area contributed by atoms with Crippen molar-refractivity contribution in [1.82, 2.24) is 14.8 Å². The normalized spacial score (nSPS) is 17.7. The van der Waals surface area contributed by atoms with E-state index in [1.165, 1.54) is 0 Å². The van der Waals surface area contributed by atoms with Crippen LogP contribution in [0.3, 0.4) is 0 Å². The number of aromatic nitrogens is 1. The van der Waals surface area contributed by atoms with E-state index < -0.39 is 5.97 Å². The van der Waals surface area contributed by atoms with E-state index >= 15 is 0 Å². The molecular weight excluding hydrogens is 592 g/mol. The highest BCUT2D eigenvalue weighted by atomic mass is 79.9. The molecule has 0 unspecified atom stereocenters. The van der Waals surface area contributed by atoms with Crippen LogP contribution in [-0.2, 0) is 4.79 Å². The van der Waals surface area contributed by atoms with Crippen LogP contribution in [0.1, 0.15) is 37.5 Å². The third-order valence-electron chi connectivity index (χ3n) is 6.49. The van der Waals surface area contributed by atoms with Crippen molar-refractivity contribution in [2.75, 3.05) is 46.0 Å². The molecule has 4 N–H and O–H groups in total. The number of aromatic hydroxyl groups is 1. The summed E-state index contributed by atoms with van der Waals surface area (Å²) in [6.45, 7) is 4.12. The number of carboxylic acid groups (broad SMARTS) is 1. The summed E-state index contributed by atoms with van der Waals surface area (Å²) in [5.74, 6) is 0.797. The second kappa shape index (κ2) is 13.4. The number of oxazole rings is 1. The van der Waals surface area contributed by atoms with Crippen LogP contribution in [0.25, 0.3) is 11.1 Å². The van der Waals surface area contributed by atoms with Crippen molar-refractivity contribution >= 4 is 54.6 Å². The Labute approximate surface area is 228 Å². The third kappa shape index (κ3) is 8.47. The van der Waals surface area contributed by atoms with Crippen molar-refractivity contribution in [3.05, 3.63) is 51.2 Å². The number of benzene rings is 2. The summed E-state index contributed by atoms with van der Waals surface area (Å²) in [5, 5.41) is 17.5. The zero-order valence-corrected chi connectivity index (χ0v) is 23.8. The summed E-state index contributed by atoms with van der Waals surface area (Å²) in [4.78, 5) is 19.6. The SMILES string of the molecule is CN1CCC(C(=O)O)CC1.CN1CCC(c2nc3cc(Br)ccc3o2)CC1.Nc1cc(Br)ccc1O. The van der Waals surface area contributed by atoms with Crippen molar-refractivity contribution in [2.45, 2.75) is 31.6 Å². The fraction of sp³-hybridized carbons (Fsp3) is 0.462. The van der Waals surface area contributed by atoms with Crippen molar-refractivity contribution in [3.8, 4) is 5.75 Å². The van der Waals surface area contributed by atoms with Crippen molar-refractivity contribution in [3.63, 3.8) is 0 Å². The monoisotopic (exact) mass is 624 g/mol. The van der Waals surface area contributed by atoms with Gasteiger partial charge in [-0.2, -0.15) is 0 Å². The number of fused-ring (bicyclic) bond motifs is 1. The van der Waals surface area contributed by atoms with Crippen LogP contribution in [0, 0.1) is 5.92 Å². The lowest BCUT2D eigenvalue weighted by Gasteiger charge is -2.26. The molecule has 1 aromatic heterocycles. The number of halogens is 2. The highest BCUT2D eigenvalue weighted by molar-refractivity contribution is 9.10. The summed E-state index contributed by atoms with van der Waals surface area (Å²) in [6.07, 6.45) is 3.91. The molecule has 36 heavy (non-hydrogen) atoms. The Morgan fingerprint density at radius 3 is 2.08 bits per heavy atom. The summed E-state index contributed by atoms with van der Waals surface area (Å²) in [5.41, 5.74) is 7.58. The van der Waals surface area contributed by atoms with E-state index in [-0.39, 0.29) is 11.7 Å². The Morgan fingerprint density at radius 2 is 1.53 bits per heavy atom. The van der Waals surface area contributed by atoms with E-state index in [4.69, 9.17) is 20.4 Å². The Hall–Kier alpha value is -2.14. The van der Waals surface area contributed by atoms with Gasteiger partial charge in [-0.3, -0.25) is 4.79 Å². The molecular formula is C26H34Br2N4O4. The lowest BCUT2D eigenvalue weighted by atomic mass is 9.97. The number of likely N-dealkylation sites (tertiary alicyclic amines) is 2. The Bertz CT molecular complexity index is 1140. The molecule has 10 heteroatoms. The molecule has 3 aromatic rings. The Balaban J connectivity index is 0.000000163. The first-order chi connectivity index (χ1) is 17.1. The molecule has 2 saturated heterocycles. The molecule has 2 fully saturated rings. The molecule has 2 aliphatic rings. The third-order valence-corrected chi connectivity index (χ3v) is 7.48. The summed E-state index contributed by atoms with van der Waals surface area (Å²) in [6, 6.07) is 10.9. The van der Waals surface area contributed by atoms with E-state index in [0.717, 1.165) is 77.8 Å². The van der Waals surface area contributed by atoms with E-state index in [1.807, 2.05) is 25.2 Å². The van der Waals surface area contributed by atoms with Crippen LogP contribution in [-0.4, -0.2) is 71.2 Å². The molecule has 0 aliphatic carbocycles. The Morgan fingerprint density at radius 1 is 0.972 bits per heavy atom. The number of piperidine rings is 2. The molecule has 196 valence electrons. The number of rotatable bonds is 2. The van der Waals surface area contributed by atoms with E-state index in [2.05, 4.69) is 53.7 Å². The van der Waals surface area contributed by atoms with E-state index in [0.29, 0.717) is 11.6 Å². The number of carbonyl (C=O) groups is 1. The second-order valence-corrected chi connectivity index (χ2v) is 11.2. The number of aliphatic carboxylic acids is 1. The van der Waals surface area contributed by atoms with Crippen molar-refractivity contribution in [2.24, 2.45) is 5.92 Å². The van der Waals surface area contributed by atoms with Crippen LogP contribution >= 0.6 is 31.9 Å². The molecule has 8 nitrogen and oxygen atoms in total. The molecule has 2 aliphatic heterocycles. The van der Waals surface area contributed by atoms with Crippen molar-refractivity contribution < 1.29 is 19.4 Å². The van der Waals surface area contributed by atoms with Gasteiger partial charge in [-0.15, -0.1) is 0 Å². The number of hydrogen-bond donors (Lipinski definition) is 3. The lowest BCUT2D eigenvalue weighted by Crippen LogP contribution is -2.33. The average molecular weight is 626 g/mol. The molecule has 5 rings (SSSR count). The minimum absolute atomic E-state index is 0.0869. The molecule has 0 spiro atoms. The van der Waals surface area contributed by atoms with Crippen LogP contribution in [0.2, 0.25) is 0 Å². The van der Waals surface area contributed by atoms with Gasteiger partial charge in [-0.05, 0) is 102 Å². The largest absolute Gasteiger partial charge is 0.506 e. The predicted octanol–water partition coefficient (Wildman–Crippen LogP) is 5.55. The molecule has 3 heterocycles. The van der Waals surface area contributed by atoms with Gasteiger partial charge in [-0.25, -0.2) is 4.98 Å². The topological polar surface area (TPSA) is 116 Å². The fourth-order valence-corrected chi connectivity index (χ4v) is 4.86. The second-order valence-electron chi connectivity index (χ2n) is 9.36. The molecule has 0 amide bonds. The average Bonchev–Trinajstić information content (AvgIpc) is 3.26. The van der Waals surface area contributed by atoms with E-state index in [9.17, 15) is 4.79 Å². The van der Waals surface area contributed by atoms with Gasteiger partial charge in [0.2, 0.25) is 0 Å². The van der Waals surface area contributed by atoms with Gasteiger partial charge in [0, 0.05) is 14.9 Å². The predicted molar refractivity (Wildman–Crippen MR) is 149 cm³/mol. The fourth-order valence-electron chi connectivity index (χ4n) is 4.13. The van der Waals surface area contributed by atoms with Gasteiger partial charge in [0.1, 0.15) is 11.3 Å². The molecule has 0 saturated carbocycles. The van der Waals surface area contributed by atoms with Crippen LogP contribution < -0.4 is 5.73 Å². The van der Waals surface area contributed by atoms with Gasteiger partial charge in [0.05, 0.1) is 11.6 Å². The first-order valence-corrected chi connectivity index (χ1v) is 13.6. The number of nitrogens with two attached hydrogens (primary N) is 1. The van der Waals surface area contributed by atoms with Gasteiger partial charge in [0.15, 0.2) is 11.5 Å². The van der Waals surface area contributed by atoms with Crippen LogP contribution in [0.5, 0.6) is 5.75 Å². The van der Waals surface area contributed by atoms with Gasteiger partial charge < -0.3 is 30.2 Å². The summed E-state index contributed by atoms with van der Waals surface area (Å²) < 4.78 is 7.77. The highest BCUT2D eigenvalue weighted by Gasteiger charge is 2.23. The maximum Gasteiger partial charge on any atom is 0.306 e.